The van der Waals surface area contributed by atoms with Crippen LogP contribution in [-0.2, 0) is 13.0 Å². The lowest BCUT2D eigenvalue weighted by Gasteiger charge is -2.05. The van der Waals surface area contributed by atoms with E-state index in [0.717, 1.165) is 18.7 Å². The molecule has 0 aliphatic rings. The zero-order chi connectivity index (χ0) is 13.5. The van der Waals surface area contributed by atoms with Crippen LogP contribution in [0.25, 0.3) is 0 Å². The van der Waals surface area contributed by atoms with Crippen LogP contribution >= 0.6 is 0 Å². The molecular formula is C15H16N2O2. The molecule has 0 amide bonds. The Balaban J connectivity index is 1.80. The summed E-state index contributed by atoms with van der Waals surface area (Å²) >= 11 is 0. The van der Waals surface area contributed by atoms with Crippen molar-refractivity contribution in [3.63, 3.8) is 0 Å². The van der Waals surface area contributed by atoms with Crippen molar-refractivity contribution in [3.05, 3.63) is 65.5 Å². The maximum Gasteiger partial charge on any atom is 0.354 e. The van der Waals surface area contributed by atoms with Gasteiger partial charge in [0.15, 0.2) is 0 Å². The molecule has 0 saturated carbocycles. The Kier molecular flexibility index (Phi) is 4.64. The number of nitrogens with zero attached hydrogens (tertiary/aromatic N) is 1. The van der Waals surface area contributed by atoms with Gasteiger partial charge in [-0.3, -0.25) is 0 Å². The monoisotopic (exact) mass is 256 g/mol. The largest absolute Gasteiger partial charge is 0.477 e. The number of pyridine rings is 1. The minimum Gasteiger partial charge on any atom is -0.477 e. The van der Waals surface area contributed by atoms with Crippen molar-refractivity contribution in [2.75, 3.05) is 6.54 Å². The molecule has 0 fully saturated rings. The zero-order valence-electron chi connectivity index (χ0n) is 10.5. The Hall–Kier alpha value is -2.20. The van der Waals surface area contributed by atoms with E-state index in [-0.39, 0.29) is 5.69 Å². The molecule has 1 heterocycles. The zero-order valence-corrected chi connectivity index (χ0v) is 10.5. The van der Waals surface area contributed by atoms with Crippen LogP contribution in [-0.4, -0.2) is 22.6 Å². The third-order valence-electron chi connectivity index (χ3n) is 2.77. The number of aromatic nitrogens is 1. The molecule has 0 spiro atoms. The van der Waals surface area contributed by atoms with Gasteiger partial charge in [0.25, 0.3) is 0 Å². The molecule has 1 aromatic carbocycles. The predicted octanol–water partition coefficient (Wildman–Crippen LogP) is 2.11. The first kappa shape index (κ1) is 13.2. The van der Waals surface area contributed by atoms with Gasteiger partial charge in [-0.1, -0.05) is 36.4 Å². The number of hydrogen-bond acceptors (Lipinski definition) is 3. The molecule has 0 saturated heterocycles. The number of aromatic carboxylic acids is 1. The molecule has 0 atom stereocenters. The molecule has 0 aliphatic carbocycles. The number of carboxylic acid groups (broad SMARTS) is 1. The number of rotatable bonds is 6. The van der Waals surface area contributed by atoms with Crippen molar-refractivity contribution in [1.82, 2.24) is 10.3 Å². The van der Waals surface area contributed by atoms with Gasteiger partial charge in [0, 0.05) is 6.54 Å². The fourth-order valence-corrected chi connectivity index (χ4v) is 1.79. The Bertz CT molecular complexity index is 541. The minimum absolute atomic E-state index is 0.0855. The van der Waals surface area contributed by atoms with Crippen LogP contribution in [0.4, 0.5) is 0 Å². The lowest BCUT2D eigenvalue weighted by atomic mass is 10.1. The fraction of sp³-hybridized carbons (Fsp3) is 0.200. The third-order valence-corrected chi connectivity index (χ3v) is 2.77. The van der Waals surface area contributed by atoms with Crippen molar-refractivity contribution >= 4 is 5.97 Å². The fourth-order valence-electron chi connectivity index (χ4n) is 1.79. The minimum atomic E-state index is -0.994. The highest BCUT2D eigenvalue weighted by atomic mass is 16.4. The van der Waals surface area contributed by atoms with Crippen LogP contribution < -0.4 is 5.32 Å². The second kappa shape index (κ2) is 6.66. The highest BCUT2D eigenvalue weighted by Gasteiger charge is 2.04. The van der Waals surface area contributed by atoms with Crippen molar-refractivity contribution in [2.24, 2.45) is 0 Å². The molecule has 2 N–H and O–H groups in total. The van der Waals surface area contributed by atoms with Crippen molar-refractivity contribution in [3.8, 4) is 0 Å². The van der Waals surface area contributed by atoms with Gasteiger partial charge in [-0.25, -0.2) is 9.78 Å². The van der Waals surface area contributed by atoms with E-state index in [1.807, 2.05) is 24.3 Å². The lowest BCUT2D eigenvalue weighted by molar-refractivity contribution is 0.0690. The highest BCUT2D eigenvalue weighted by molar-refractivity contribution is 5.85. The second-order valence-electron chi connectivity index (χ2n) is 4.23. The quantitative estimate of drug-likeness (QED) is 0.777. The van der Waals surface area contributed by atoms with E-state index < -0.39 is 5.97 Å². The second-order valence-corrected chi connectivity index (χ2v) is 4.23. The number of nitrogens with one attached hydrogen (secondary N) is 1. The average molecular weight is 256 g/mol. The van der Waals surface area contributed by atoms with Crippen molar-refractivity contribution in [2.45, 2.75) is 13.0 Å². The van der Waals surface area contributed by atoms with Gasteiger partial charge in [-0.05, 0) is 30.7 Å². The van der Waals surface area contributed by atoms with Gasteiger partial charge in [-0.2, -0.15) is 0 Å². The van der Waals surface area contributed by atoms with Gasteiger partial charge < -0.3 is 10.4 Å². The number of carboxylic acids is 1. The Labute approximate surface area is 112 Å². The molecule has 2 rings (SSSR count). The average Bonchev–Trinajstić information content (AvgIpc) is 2.45. The van der Waals surface area contributed by atoms with E-state index >= 15 is 0 Å². The standard InChI is InChI=1S/C15H16N2O2/c18-15(19)14-8-4-7-13(17-14)11-16-10-9-12-5-2-1-3-6-12/h1-8,16H,9-11H2,(H,18,19). The summed E-state index contributed by atoms with van der Waals surface area (Å²) in [7, 11) is 0. The summed E-state index contributed by atoms with van der Waals surface area (Å²) in [5, 5.41) is 12.1. The first-order chi connectivity index (χ1) is 9.25. The maximum atomic E-state index is 10.8. The van der Waals surface area contributed by atoms with Crippen molar-refractivity contribution < 1.29 is 9.90 Å². The van der Waals surface area contributed by atoms with E-state index in [4.69, 9.17) is 5.11 Å². The lowest BCUT2D eigenvalue weighted by Crippen LogP contribution is -2.18. The van der Waals surface area contributed by atoms with E-state index in [1.54, 1.807) is 6.07 Å². The summed E-state index contributed by atoms with van der Waals surface area (Å²) in [5.74, 6) is -0.994. The molecular weight excluding hydrogens is 240 g/mol. The summed E-state index contributed by atoms with van der Waals surface area (Å²) in [6.07, 6.45) is 0.944. The summed E-state index contributed by atoms with van der Waals surface area (Å²) in [6.45, 7) is 1.41. The first-order valence-corrected chi connectivity index (χ1v) is 6.19. The van der Waals surface area contributed by atoms with Crippen LogP contribution in [0.3, 0.4) is 0 Å². The van der Waals surface area contributed by atoms with E-state index in [1.165, 1.54) is 11.6 Å². The molecule has 4 heteroatoms. The van der Waals surface area contributed by atoms with Crippen LogP contribution in [0.15, 0.2) is 48.5 Å². The Morgan fingerprint density at radius 1 is 1.11 bits per heavy atom. The smallest absolute Gasteiger partial charge is 0.354 e. The molecule has 4 nitrogen and oxygen atoms in total. The first-order valence-electron chi connectivity index (χ1n) is 6.19. The molecule has 0 bridgehead atoms. The Morgan fingerprint density at radius 3 is 2.63 bits per heavy atom. The topological polar surface area (TPSA) is 62.2 Å². The summed E-state index contributed by atoms with van der Waals surface area (Å²) < 4.78 is 0. The van der Waals surface area contributed by atoms with Gasteiger partial charge in [0.2, 0.25) is 0 Å². The van der Waals surface area contributed by atoms with E-state index in [9.17, 15) is 4.79 Å². The van der Waals surface area contributed by atoms with Gasteiger partial charge in [0.05, 0.1) is 5.69 Å². The van der Waals surface area contributed by atoms with Crippen molar-refractivity contribution in [1.29, 1.82) is 0 Å². The molecule has 0 unspecified atom stereocenters. The van der Waals surface area contributed by atoms with E-state index in [2.05, 4.69) is 22.4 Å². The molecule has 0 radical (unpaired) electrons. The summed E-state index contributed by atoms with van der Waals surface area (Å²) in [6, 6.07) is 15.2. The van der Waals surface area contributed by atoms with Crippen LogP contribution in [0.2, 0.25) is 0 Å². The summed E-state index contributed by atoms with van der Waals surface area (Å²) in [5.41, 5.74) is 2.11. The number of benzene rings is 1. The number of carbonyl (C=O) groups is 1. The molecule has 1 aromatic heterocycles. The maximum absolute atomic E-state index is 10.8. The number of hydrogen-bond donors (Lipinski definition) is 2. The normalized spacial score (nSPS) is 10.3. The third kappa shape index (κ3) is 4.19. The van der Waals surface area contributed by atoms with Gasteiger partial charge >= 0.3 is 5.97 Å². The van der Waals surface area contributed by atoms with Gasteiger partial charge in [-0.15, -0.1) is 0 Å². The predicted molar refractivity (Wildman–Crippen MR) is 73.0 cm³/mol. The molecule has 98 valence electrons. The van der Waals surface area contributed by atoms with Gasteiger partial charge in [0.1, 0.15) is 5.69 Å². The molecule has 0 aliphatic heterocycles. The van der Waals surface area contributed by atoms with Crippen LogP contribution in [0.5, 0.6) is 0 Å². The Morgan fingerprint density at radius 2 is 1.89 bits per heavy atom. The highest BCUT2D eigenvalue weighted by Crippen LogP contribution is 2.01. The van der Waals surface area contributed by atoms with E-state index in [0.29, 0.717) is 6.54 Å². The molecule has 2 aromatic rings. The molecule has 19 heavy (non-hydrogen) atoms. The van der Waals surface area contributed by atoms with Crippen LogP contribution in [0.1, 0.15) is 21.7 Å². The van der Waals surface area contributed by atoms with Crippen LogP contribution in [0, 0.1) is 0 Å². The summed E-state index contributed by atoms with van der Waals surface area (Å²) in [4.78, 5) is 14.8. The SMILES string of the molecule is O=C(O)c1cccc(CNCCc2ccccc2)n1.